The molecule has 1 aromatic carbocycles. The summed E-state index contributed by atoms with van der Waals surface area (Å²) in [5, 5.41) is 2.85. The number of sulfone groups is 1. The van der Waals surface area contributed by atoms with Gasteiger partial charge in [0.15, 0.2) is 9.84 Å². The van der Waals surface area contributed by atoms with E-state index in [-0.39, 0.29) is 6.04 Å². The van der Waals surface area contributed by atoms with Crippen LogP contribution in [0.2, 0.25) is 0 Å². The molecule has 1 N–H and O–H groups in total. The van der Waals surface area contributed by atoms with E-state index in [1.807, 2.05) is 20.8 Å². The molecule has 2 unspecified atom stereocenters. The molecule has 0 fully saturated rings. The van der Waals surface area contributed by atoms with Crippen LogP contribution in [-0.4, -0.2) is 26.5 Å². The van der Waals surface area contributed by atoms with Gasteiger partial charge in [0.1, 0.15) is 0 Å². The summed E-state index contributed by atoms with van der Waals surface area (Å²) >= 11 is 0. The first-order valence-corrected chi connectivity index (χ1v) is 8.21. The lowest BCUT2D eigenvalue weighted by molar-refractivity contribution is 0.512. The second-order valence-corrected chi connectivity index (χ2v) is 7.39. The Morgan fingerprint density at radius 2 is 1.67 bits per heavy atom. The van der Waals surface area contributed by atoms with Gasteiger partial charge in [0.2, 0.25) is 0 Å². The smallest absolute Gasteiger partial charge is 0.151 e. The van der Waals surface area contributed by atoms with Gasteiger partial charge in [-0.2, -0.15) is 0 Å². The largest absolute Gasteiger partial charge is 0.309 e. The maximum Gasteiger partial charge on any atom is 0.151 e. The zero-order valence-corrected chi connectivity index (χ0v) is 12.6. The fourth-order valence-corrected chi connectivity index (χ4v) is 2.96. The fraction of sp³-hybridized carbons (Fsp3) is 0.571. The van der Waals surface area contributed by atoms with Crippen molar-refractivity contribution in [2.75, 3.05) is 12.8 Å². The molecule has 0 aliphatic carbocycles. The van der Waals surface area contributed by atoms with Crippen molar-refractivity contribution in [3.63, 3.8) is 0 Å². The molecule has 0 radical (unpaired) electrons. The lowest BCUT2D eigenvalue weighted by Crippen LogP contribution is -2.35. The van der Waals surface area contributed by atoms with Gasteiger partial charge in [0.05, 0.1) is 5.25 Å². The molecule has 0 amide bonds. The quantitative estimate of drug-likeness (QED) is 0.892. The Morgan fingerprint density at radius 3 is 2.06 bits per heavy atom. The molecule has 0 saturated heterocycles. The first kappa shape index (κ1) is 15.2. The van der Waals surface area contributed by atoms with Gasteiger partial charge in [-0.05, 0) is 32.9 Å². The minimum atomic E-state index is -3.06. The average molecular weight is 269 g/mol. The summed E-state index contributed by atoms with van der Waals surface area (Å²) in [6.45, 7) is 8.57. The van der Waals surface area contributed by atoms with Gasteiger partial charge in [-0.15, -0.1) is 0 Å². The van der Waals surface area contributed by atoms with Crippen molar-refractivity contribution in [1.82, 2.24) is 5.32 Å². The predicted molar refractivity (Wildman–Crippen MR) is 76.6 cm³/mol. The molecule has 0 aliphatic heterocycles. The highest BCUT2D eigenvalue weighted by atomic mass is 32.2. The third-order valence-electron chi connectivity index (χ3n) is 3.17. The second kappa shape index (κ2) is 5.85. The molecule has 0 spiro atoms. The van der Waals surface area contributed by atoms with Crippen molar-refractivity contribution in [2.24, 2.45) is 0 Å². The number of aryl methyl sites for hydroxylation is 2. The Balaban J connectivity index is 3.19. The van der Waals surface area contributed by atoms with Gasteiger partial charge in [-0.3, -0.25) is 0 Å². The fourth-order valence-electron chi connectivity index (χ4n) is 2.21. The van der Waals surface area contributed by atoms with Crippen LogP contribution in [0.1, 0.15) is 36.6 Å². The van der Waals surface area contributed by atoms with E-state index in [0.717, 1.165) is 23.2 Å². The Kier molecular flexibility index (Phi) is 4.93. The summed E-state index contributed by atoms with van der Waals surface area (Å²) in [4.78, 5) is 0. The summed E-state index contributed by atoms with van der Waals surface area (Å²) in [6, 6.07) is 6.06. The van der Waals surface area contributed by atoms with E-state index in [1.54, 1.807) is 6.92 Å². The van der Waals surface area contributed by atoms with E-state index in [4.69, 9.17) is 0 Å². The first-order valence-electron chi connectivity index (χ1n) is 6.26. The van der Waals surface area contributed by atoms with Crippen LogP contribution in [0.25, 0.3) is 0 Å². The maximum atomic E-state index is 11.8. The number of benzene rings is 1. The first-order chi connectivity index (χ1) is 8.25. The molecule has 0 aliphatic rings. The van der Waals surface area contributed by atoms with Gasteiger partial charge >= 0.3 is 0 Å². The third kappa shape index (κ3) is 3.82. The standard InChI is InChI=1S/C14H23NO2S/c1-6-15-14(12(4)18(5,16)17)13-8-10(2)7-11(3)9-13/h7-9,12,14-15H,6H2,1-5H3. The predicted octanol–water partition coefficient (Wildman–Crippen LogP) is 2.39. The van der Waals surface area contributed by atoms with Crippen molar-refractivity contribution in [2.45, 2.75) is 39.0 Å². The van der Waals surface area contributed by atoms with Crippen molar-refractivity contribution in [3.8, 4) is 0 Å². The maximum absolute atomic E-state index is 11.8. The van der Waals surface area contributed by atoms with Crippen LogP contribution in [0.4, 0.5) is 0 Å². The van der Waals surface area contributed by atoms with Gasteiger partial charge in [0.25, 0.3) is 0 Å². The summed E-state index contributed by atoms with van der Waals surface area (Å²) in [5.74, 6) is 0. The van der Waals surface area contributed by atoms with Crippen LogP contribution in [0, 0.1) is 13.8 Å². The molecule has 4 heteroatoms. The van der Waals surface area contributed by atoms with E-state index < -0.39 is 15.1 Å². The number of hydrogen-bond donors (Lipinski definition) is 1. The molecule has 102 valence electrons. The molecule has 1 aromatic rings. The van der Waals surface area contributed by atoms with Crippen LogP contribution in [-0.2, 0) is 9.84 Å². The molecule has 0 heterocycles. The lowest BCUT2D eigenvalue weighted by atomic mass is 9.99. The van der Waals surface area contributed by atoms with E-state index in [2.05, 4.69) is 23.5 Å². The van der Waals surface area contributed by atoms with Crippen molar-refractivity contribution in [3.05, 3.63) is 34.9 Å². The minimum absolute atomic E-state index is 0.149. The van der Waals surface area contributed by atoms with Crippen LogP contribution in [0.5, 0.6) is 0 Å². The Morgan fingerprint density at radius 1 is 1.17 bits per heavy atom. The molecule has 3 nitrogen and oxygen atoms in total. The van der Waals surface area contributed by atoms with E-state index in [9.17, 15) is 8.42 Å². The topological polar surface area (TPSA) is 46.2 Å². The summed E-state index contributed by atoms with van der Waals surface area (Å²) in [6.07, 6.45) is 1.30. The summed E-state index contributed by atoms with van der Waals surface area (Å²) in [7, 11) is -3.06. The number of rotatable bonds is 5. The molecule has 0 bridgehead atoms. The Bertz CT molecular complexity index is 488. The molecule has 2 atom stereocenters. The number of hydrogen-bond acceptors (Lipinski definition) is 3. The summed E-state index contributed by atoms with van der Waals surface area (Å²) < 4.78 is 23.5. The van der Waals surface area contributed by atoms with Crippen molar-refractivity contribution in [1.29, 1.82) is 0 Å². The molecule has 0 aromatic heterocycles. The second-order valence-electron chi connectivity index (χ2n) is 4.99. The zero-order valence-electron chi connectivity index (χ0n) is 11.8. The lowest BCUT2D eigenvalue weighted by Gasteiger charge is -2.24. The van der Waals surface area contributed by atoms with E-state index in [0.29, 0.717) is 0 Å². The zero-order chi connectivity index (χ0) is 13.9. The molecule has 1 rings (SSSR count). The highest BCUT2D eigenvalue weighted by Crippen LogP contribution is 2.23. The molecule has 0 saturated carbocycles. The van der Waals surface area contributed by atoms with Gasteiger partial charge < -0.3 is 5.32 Å². The van der Waals surface area contributed by atoms with Gasteiger partial charge in [0, 0.05) is 12.3 Å². The average Bonchev–Trinajstić information content (AvgIpc) is 2.22. The molecular formula is C14H23NO2S. The van der Waals surface area contributed by atoms with Crippen LogP contribution >= 0.6 is 0 Å². The van der Waals surface area contributed by atoms with Crippen molar-refractivity contribution < 1.29 is 8.42 Å². The van der Waals surface area contributed by atoms with Crippen molar-refractivity contribution >= 4 is 9.84 Å². The minimum Gasteiger partial charge on any atom is -0.309 e. The summed E-state index contributed by atoms with van der Waals surface area (Å²) in [5.41, 5.74) is 3.37. The highest BCUT2D eigenvalue weighted by molar-refractivity contribution is 7.91. The molecule has 18 heavy (non-hydrogen) atoms. The van der Waals surface area contributed by atoms with E-state index in [1.165, 1.54) is 6.26 Å². The van der Waals surface area contributed by atoms with Crippen LogP contribution in [0.3, 0.4) is 0 Å². The number of nitrogens with one attached hydrogen (secondary N) is 1. The van der Waals surface area contributed by atoms with Gasteiger partial charge in [-0.1, -0.05) is 36.2 Å². The Labute approximate surface area is 111 Å². The third-order valence-corrected chi connectivity index (χ3v) is 4.79. The normalized spacial score (nSPS) is 15.4. The monoisotopic (exact) mass is 269 g/mol. The van der Waals surface area contributed by atoms with Crippen LogP contribution < -0.4 is 5.32 Å². The van der Waals surface area contributed by atoms with Crippen LogP contribution in [0.15, 0.2) is 18.2 Å². The highest BCUT2D eigenvalue weighted by Gasteiger charge is 2.26. The molecular weight excluding hydrogens is 246 g/mol. The van der Waals surface area contributed by atoms with Gasteiger partial charge in [-0.25, -0.2) is 8.42 Å². The Hall–Kier alpha value is -0.870. The SMILES string of the molecule is CCNC(c1cc(C)cc(C)c1)C(C)S(C)(=O)=O. The van der Waals surface area contributed by atoms with E-state index >= 15 is 0 Å².